The lowest BCUT2D eigenvalue weighted by Crippen LogP contribution is -1.97. The minimum Gasteiger partial charge on any atom is -0.494 e. The van der Waals surface area contributed by atoms with Gasteiger partial charge in [0.1, 0.15) is 5.75 Å². The maximum absolute atomic E-state index is 6.00. The van der Waals surface area contributed by atoms with Crippen LogP contribution in [0.25, 0.3) is 0 Å². The molecule has 0 bridgehead atoms. The lowest BCUT2D eigenvalue weighted by atomic mass is 10.1. The topological polar surface area (TPSA) is 47.6 Å². The predicted molar refractivity (Wildman–Crippen MR) is 108 cm³/mol. The monoisotopic (exact) mass is 358 g/mol. The van der Waals surface area contributed by atoms with E-state index in [2.05, 4.69) is 11.9 Å². The van der Waals surface area contributed by atoms with Crippen molar-refractivity contribution in [3.8, 4) is 5.75 Å². The fraction of sp³-hybridized carbons (Fsp3) is 0.381. The maximum Gasteiger partial charge on any atom is 0.119 e. The van der Waals surface area contributed by atoms with E-state index < -0.39 is 0 Å². The van der Waals surface area contributed by atoms with Gasteiger partial charge in [0.2, 0.25) is 0 Å². The fourth-order valence-corrected chi connectivity index (χ4v) is 2.64. The van der Waals surface area contributed by atoms with E-state index in [1.165, 1.54) is 32.1 Å². The van der Waals surface area contributed by atoms with Crippen molar-refractivity contribution in [3.63, 3.8) is 0 Å². The highest BCUT2D eigenvalue weighted by atomic mass is 35.5. The van der Waals surface area contributed by atoms with Gasteiger partial charge in [0.05, 0.1) is 23.0 Å². The van der Waals surface area contributed by atoms with Crippen LogP contribution in [0.2, 0.25) is 5.02 Å². The standard InChI is InChI=1S/C21H27ClN2O/c1-2-3-4-5-6-7-14-25-19-11-8-17(9-12-19)16-24-18-10-13-21(23)20(22)15-18/h8-13,15-16H,2-7,14,23H2,1H3. The smallest absolute Gasteiger partial charge is 0.119 e. The van der Waals surface area contributed by atoms with Gasteiger partial charge in [0.25, 0.3) is 0 Å². The van der Waals surface area contributed by atoms with Crippen molar-refractivity contribution >= 4 is 29.2 Å². The number of rotatable bonds is 10. The third-order valence-corrected chi connectivity index (χ3v) is 4.32. The zero-order valence-electron chi connectivity index (χ0n) is 14.9. The molecule has 2 rings (SSSR count). The fourth-order valence-electron chi connectivity index (χ4n) is 2.47. The van der Waals surface area contributed by atoms with Crippen LogP contribution in [0, 0.1) is 0 Å². The molecule has 0 fully saturated rings. The quantitative estimate of drug-likeness (QED) is 0.303. The average Bonchev–Trinajstić information content (AvgIpc) is 2.63. The van der Waals surface area contributed by atoms with Crippen molar-refractivity contribution in [2.75, 3.05) is 12.3 Å². The molecule has 0 aliphatic rings. The molecule has 2 aromatic rings. The molecule has 0 atom stereocenters. The molecule has 4 heteroatoms. The van der Waals surface area contributed by atoms with Crippen LogP contribution >= 0.6 is 11.6 Å². The number of aliphatic imine (C=N–C) groups is 1. The highest BCUT2D eigenvalue weighted by Gasteiger charge is 1.98. The molecule has 0 aliphatic heterocycles. The molecule has 0 amide bonds. The van der Waals surface area contributed by atoms with Gasteiger partial charge in [-0.15, -0.1) is 0 Å². The highest BCUT2D eigenvalue weighted by Crippen LogP contribution is 2.24. The summed E-state index contributed by atoms with van der Waals surface area (Å²) in [4.78, 5) is 4.41. The summed E-state index contributed by atoms with van der Waals surface area (Å²) in [7, 11) is 0. The second kappa shape index (κ2) is 10.8. The van der Waals surface area contributed by atoms with E-state index >= 15 is 0 Å². The lowest BCUT2D eigenvalue weighted by Gasteiger charge is -2.06. The van der Waals surface area contributed by atoms with Gasteiger partial charge in [0.15, 0.2) is 0 Å². The second-order valence-electron chi connectivity index (χ2n) is 6.15. The van der Waals surface area contributed by atoms with Crippen LogP contribution in [0.3, 0.4) is 0 Å². The Kier molecular flexibility index (Phi) is 8.33. The van der Waals surface area contributed by atoms with Crippen molar-refractivity contribution in [2.45, 2.75) is 45.4 Å². The summed E-state index contributed by atoms with van der Waals surface area (Å²) in [6.45, 7) is 3.02. The van der Waals surface area contributed by atoms with Crippen molar-refractivity contribution in [1.82, 2.24) is 0 Å². The Morgan fingerprint density at radius 2 is 1.72 bits per heavy atom. The number of nitrogens with zero attached hydrogens (tertiary/aromatic N) is 1. The van der Waals surface area contributed by atoms with Gasteiger partial charge < -0.3 is 10.5 Å². The van der Waals surface area contributed by atoms with Gasteiger partial charge in [-0.25, -0.2) is 0 Å². The Bertz CT molecular complexity index is 668. The van der Waals surface area contributed by atoms with E-state index in [0.717, 1.165) is 30.0 Å². The first kappa shape index (κ1) is 19.3. The van der Waals surface area contributed by atoms with Gasteiger partial charge in [0, 0.05) is 6.21 Å². The number of halogens is 1. The Morgan fingerprint density at radius 1 is 1.00 bits per heavy atom. The van der Waals surface area contributed by atoms with Crippen molar-refractivity contribution < 1.29 is 4.74 Å². The summed E-state index contributed by atoms with van der Waals surface area (Å²) >= 11 is 6.00. The molecule has 25 heavy (non-hydrogen) atoms. The van der Waals surface area contributed by atoms with Gasteiger partial charge in [-0.3, -0.25) is 4.99 Å². The number of hydrogen-bond donors (Lipinski definition) is 1. The molecule has 3 nitrogen and oxygen atoms in total. The first-order chi connectivity index (χ1) is 12.2. The van der Waals surface area contributed by atoms with Crippen LogP contribution < -0.4 is 10.5 Å². The highest BCUT2D eigenvalue weighted by molar-refractivity contribution is 6.33. The zero-order valence-corrected chi connectivity index (χ0v) is 15.6. The number of benzene rings is 2. The summed E-state index contributed by atoms with van der Waals surface area (Å²) in [5, 5.41) is 0.521. The predicted octanol–water partition coefficient (Wildman–Crippen LogP) is 6.41. The van der Waals surface area contributed by atoms with Gasteiger partial charge in [-0.05, 0) is 54.4 Å². The molecule has 0 radical (unpaired) electrons. The SMILES string of the molecule is CCCCCCCCOc1ccc(C=Nc2ccc(N)c(Cl)c2)cc1. The summed E-state index contributed by atoms with van der Waals surface area (Å²) < 4.78 is 5.78. The third kappa shape index (κ3) is 7.18. The zero-order chi connectivity index (χ0) is 17.9. The van der Waals surface area contributed by atoms with Crippen LogP contribution in [0.15, 0.2) is 47.5 Å². The Labute approximate surface area is 155 Å². The Hall–Kier alpha value is -2.00. The lowest BCUT2D eigenvalue weighted by molar-refractivity contribution is 0.304. The molecule has 2 N–H and O–H groups in total. The number of unbranched alkanes of at least 4 members (excludes halogenated alkanes) is 5. The number of nitrogens with two attached hydrogens (primary N) is 1. The molecule has 0 aliphatic carbocycles. The molecule has 0 saturated heterocycles. The molecule has 0 spiro atoms. The Balaban J connectivity index is 1.75. The van der Waals surface area contributed by atoms with E-state index in [0.29, 0.717) is 10.7 Å². The first-order valence-corrected chi connectivity index (χ1v) is 9.39. The average molecular weight is 359 g/mol. The molecular formula is C21H27ClN2O. The normalized spacial score (nSPS) is 11.1. The van der Waals surface area contributed by atoms with Crippen LogP contribution in [-0.4, -0.2) is 12.8 Å². The van der Waals surface area contributed by atoms with Crippen molar-refractivity contribution in [2.24, 2.45) is 4.99 Å². The summed E-state index contributed by atoms with van der Waals surface area (Å²) in [6, 6.07) is 13.3. The van der Waals surface area contributed by atoms with Gasteiger partial charge in [-0.1, -0.05) is 50.6 Å². The van der Waals surface area contributed by atoms with Crippen LogP contribution in [0.5, 0.6) is 5.75 Å². The number of ether oxygens (including phenoxy) is 1. The molecular weight excluding hydrogens is 332 g/mol. The van der Waals surface area contributed by atoms with Gasteiger partial charge >= 0.3 is 0 Å². The van der Waals surface area contributed by atoms with Crippen LogP contribution in [0.1, 0.15) is 51.0 Å². The number of hydrogen-bond acceptors (Lipinski definition) is 3. The summed E-state index contributed by atoms with van der Waals surface area (Å²) in [5.74, 6) is 0.904. The summed E-state index contributed by atoms with van der Waals surface area (Å²) in [6.07, 6.45) is 9.44. The maximum atomic E-state index is 6.00. The van der Waals surface area contributed by atoms with Crippen molar-refractivity contribution in [1.29, 1.82) is 0 Å². The van der Waals surface area contributed by atoms with Crippen molar-refractivity contribution in [3.05, 3.63) is 53.1 Å². The molecule has 0 unspecified atom stereocenters. The molecule has 0 aromatic heterocycles. The van der Waals surface area contributed by atoms with Gasteiger partial charge in [-0.2, -0.15) is 0 Å². The summed E-state index contributed by atoms with van der Waals surface area (Å²) in [5.41, 5.74) is 8.05. The number of anilines is 1. The van der Waals surface area contributed by atoms with E-state index in [9.17, 15) is 0 Å². The molecule has 134 valence electrons. The third-order valence-electron chi connectivity index (χ3n) is 3.99. The minimum absolute atomic E-state index is 0.521. The van der Waals surface area contributed by atoms with E-state index in [-0.39, 0.29) is 0 Å². The van der Waals surface area contributed by atoms with Crippen LogP contribution in [-0.2, 0) is 0 Å². The Morgan fingerprint density at radius 3 is 2.44 bits per heavy atom. The molecule has 0 heterocycles. The molecule has 2 aromatic carbocycles. The number of nitrogen functional groups attached to an aromatic ring is 1. The second-order valence-corrected chi connectivity index (χ2v) is 6.56. The first-order valence-electron chi connectivity index (χ1n) is 9.01. The van der Waals surface area contributed by atoms with E-state index in [4.69, 9.17) is 22.1 Å². The molecule has 0 saturated carbocycles. The van der Waals surface area contributed by atoms with Crippen LogP contribution in [0.4, 0.5) is 11.4 Å². The van der Waals surface area contributed by atoms with E-state index in [1.807, 2.05) is 30.3 Å². The van der Waals surface area contributed by atoms with E-state index in [1.54, 1.807) is 18.3 Å². The minimum atomic E-state index is 0.521. The largest absolute Gasteiger partial charge is 0.494 e.